The summed E-state index contributed by atoms with van der Waals surface area (Å²) in [6.45, 7) is 0.200. The Balaban J connectivity index is 2.55. The van der Waals surface area contributed by atoms with Gasteiger partial charge >= 0.3 is 5.97 Å². The second kappa shape index (κ2) is 6.40. The normalized spacial score (nSPS) is 10.4. The highest BCUT2D eigenvalue weighted by Gasteiger charge is 2.04. The van der Waals surface area contributed by atoms with Gasteiger partial charge in [-0.05, 0) is 12.1 Å². The van der Waals surface area contributed by atoms with Crippen molar-refractivity contribution in [1.82, 2.24) is 0 Å². The fourth-order valence-corrected chi connectivity index (χ4v) is 1.48. The molecule has 86 valence electrons. The van der Waals surface area contributed by atoms with Crippen molar-refractivity contribution in [3.63, 3.8) is 0 Å². The number of carbonyl (C=O) groups excluding carboxylic acids is 1. The van der Waals surface area contributed by atoms with Crippen molar-refractivity contribution in [2.24, 2.45) is 0 Å². The molecule has 0 saturated carbocycles. The Bertz CT molecular complexity index is 382. The van der Waals surface area contributed by atoms with Crippen LogP contribution < -0.4 is 0 Å². The number of hydrogen-bond acceptors (Lipinski definition) is 3. The zero-order valence-corrected chi connectivity index (χ0v) is 10.1. The summed E-state index contributed by atoms with van der Waals surface area (Å²) in [5.41, 5.74) is 0.681. The third kappa shape index (κ3) is 3.76. The summed E-state index contributed by atoms with van der Waals surface area (Å²) in [7, 11) is 1.29. The Morgan fingerprint density at radius 3 is 2.56 bits per heavy atom. The van der Waals surface area contributed by atoms with E-state index in [4.69, 9.17) is 27.9 Å². The maximum Gasteiger partial charge on any atom is 0.333 e. The Kier molecular flexibility index (Phi) is 5.15. The third-order valence-corrected chi connectivity index (χ3v) is 2.50. The number of carbonyl (C=O) groups is 1. The first-order valence-electron chi connectivity index (χ1n) is 4.44. The van der Waals surface area contributed by atoms with E-state index in [1.165, 1.54) is 19.4 Å². The minimum absolute atomic E-state index is 0.200. The van der Waals surface area contributed by atoms with E-state index < -0.39 is 5.97 Å². The van der Waals surface area contributed by atoms with Gasteiger partial charge in [-0.3, -0.25) is 0 Å². The fourth-order valence-electron chi connectivity index (χ4n) is 0.973. The third-order valence-electron chi connectivity index (χ3n) is 1.79. The molecule has 0 radical (unpaired) electrons. The highest BCUT2D eigenvalue weighted by atomic mass is 35.5. The highest BCUT2D eigenvalue weighted by molar-refractivity contribution is 6.35. The van der Waals surface area contributed by atoms with E-state index in [0.717, 1.165) is 0 Å². The minimum Gasteiger partial charge on any atom is -0.496 e. The summed E-state index contributed by atoms with van der Waals surface area (Å²) < 4.78 is 9.50. The molecule has 0 spiro atoms. The van der Waals surface area contributed by atoms with Crippen LogP contribution in [0.4, 0.5) is 0 Å². The van der Waals surface area contributed by atoms with E-state index in [0.29, 0.717) is 15.6 Å². The van der Waals surface area contributed by atoms with Gasteiger partial charge in [0.1, 0.15) is 6.61 Å². The van der Waals surface area contributed by atoms with E-state index in [-0.39, 0.29) is 6.61 Å². The lowest BCUT2D eigenvalue weighted by atomic mass is 10.2. The van der Waals surface area contributed by atoms with E-state index in [2.05, 4.69) is 4.74 Å². The van der Waals surface area contributed by atoms with Crippen molar-refractivity contribution in [2.45, 2.75) is 6.61 Å². The molecular weight excluding hydrogens is 251 g/mol. The molecule has 0 saturated heterocycles. The zero-order chi connectivity index (χ0) is 12.0. The van der Waals surface area contributed by atoms with Crippen LogP contribution in [0.25, 0.3) is 0 Å². The molecule has 16 heavy (non-hydrogen) atoms. The van der Waals surface area contributed by atoms with E-state index in [1.54, 1.807) is 18.2 Å². The summed E-state index contributed by atoms with van der Waals surface area (Å²) in [5.74, 6) is -0.481. The summed E-state index contributed by atoms with van der Waals surface area (Å²) in [5, 5.41) is 1.05. The molecular formula is C11H10Cl2O3. The average molecular weight is 261 g/mol. The van der Waals surface area contributed by atoms with Gasteiger partial charge < -0.3 is 9.47 Å². The van der Waals surface area contributed by atoms with Gasteiger partial charge in [-0.15, -0.1) is 0 Å². The molecule has 0 aromatic heterocycles. The van der Waals surface area contributed by atoms with Crippen LogP contribution in [-0.4, -0.2) is 13.1 Å². The van der Waals surface area contributed by atoms with Crippen LogP contribution in [0.3, 0.4) is 0 Å². The highest BCUT2D eigenvalue weighted by Crippen LogP contribution is 2.24. The van der Waals surface area contributed by atoms with E-state index in [1.807, 2.05) is 0 Å². The van der Waals surface area contributed by atoms with Gasteiger partial charge in [0.05, 0.1) is 19.4 Å². The first-order valence-corrected chi connectivity index (χ1v) is 5.19. The van der Waals surface area contributed by atoms with Crippen molar-refractivity contribution in [1.29, 1.82) is 0 Å². The zero-order valence-electron chi connectivity index (χ0n) is 8.57. The second-order valence-corrected chi connectivity index (χ2v) is 3.65. The first-order chi connectivity index (χ1) is 7.65. The van der Waals surface area contributed by atoms with Gasteiger partial charge in [0.2, 0.25) is 0 Å². The number of rotatable bonds is 4. The van der Waals surface area contributed by atoms with Gasteiger partial charge in [0.15, 0.2) is 0 Å². The number of hydrogen-bond donors (Lipinski definition) is 0. The molecule has 0 atom stereocenters. The van der Waals surface area contributed by atoms with Crippen LogP contribution in [-0.2, 0) is 20.9 Å². The largest absolute Gasteiger partial charge is 0.496 e. The van der Waals surface area contributed by atoms with Crippen LogP contribution in [0.2, 0.25) is 10.0 Å². The van der Waals surface area contributed by atoms with E-state index in [9.17, 15) is 4.79 Å². The second-order valence-electron chi connectivity index (χ2n) is 2.84. The lowest BCUT2D eigenvalue weighted by Gasteiger charge is -2.05. The SMILES string of the molecule is COC(=O)/C=C/OCc1c(Cl)cccc1Cl. The van der Waals surface area contributed by atoms with Gasteiger partial charge in [-0.1, -0.05) is 29.3 Å². The van der Waals surface area contributed by atoms with Gasteiger partial charge in [-0.25, -0.2) is 4.79 Å². The Labute approximate surface area is 104 Å². The van der Waals surface area contributed by atoms with Gasteiger partial charge in [-0.2, -0.15) is 0 Å². The number of halogens is 2. The summed E-state index contributed by atoms with van der Waals surface area (Å²) in [6, 6.07) is 5.19. The molecule has 0 heterocycles. The van der Waals surface area contributed by atoms with Gasteiger partial charge in [0.25, 0.3) is 0 Å². The van der Waals surface area contributed by atoms with Crippen LogP contribution in [0.15, 0.2) is 30.5 Å². The number of benzene rings is 1. The monoisotopic (exact) mass is 260 g/mol. The standard InChI is InChI=1S/C11H10Cl2O3/c1-15-11(14)5-6-16-7-8-9(12)3-2-4-10(8)13/h2-6H,7H2,1H3/b6-5+. The van der Waals surface area contributed by atoms with Gasteiger partial charge in [0, 0.05) is 15.6 Å². The van der Waals surface area contributed by atoms with Crippen molar-refractivity contribution < 1.29 is 14.3 Å². The number of esters is 1. The van der Waals surface area contributed by atoms with Crippen molar-refractivity contribution in [3.8, 4) is 0 Å². The van der Waals surface area contributed by atoms with Crippen molar-refractivity contribution in [3.05, 3.63) is 46.1 Å². The maximum absolute atomic E-state index is 10.7. The van der Waals surface area contributed by atoms with Crippen molar-refractivity contribution in [2.75, 3.05) is 7.11 Å². The smallest absolute Gasteiger partial charge is 0.333 e. The molecule has 5 heteroatoms. The summed E-state index contributed by atoms with van der Waals surface area (Å²) in [4.78, 5) is 10.7. The average Bonchev–Trinajstić information content (AvgIpc) is 2.27. The molecule has 0 fully saturated rings. The molecule has 0 N–H and O–H groups in total. The Hall–Kier alpha value is -1.19. The number of ether oxygens (including phenoxy) is 2. The van der Waals surface area contributed by atoms with E-state index >= 15 is 0 Å². The van der Waals surface area contributed by atoms with Crippen LogP contribution in [0, 0.1) is 0 Å². The summed E-state index contributed by atoms with van der Waals surface area (Å²) >= 11 is 11.8. The molecule has 3 nitrogen and oxygen atoms in total. The first kappa shape index (κ1) is 12.9. The molecule has 0 aliphatic carbocycles. The van der Waals surface area contributed by atoms with Crippen LogP contribution in [0.1, 0.15) is 5.56 Å². The Morgan fingerprint density at radius 1 is 1.38 bits per heavy atom. The molecule has 0 aliphatic rings. The lowest BCUT2D eigenvalue weighted by Crippen LogP contribution is -1.95. The predicted molar refractivity (Wildman–Crippen MR) is 62.4 cm³/mol. The molecule has 0 amide bonds. The number of methoxy groups -OCH3 is 1. The van der Waals surface area contributed by atoms with Crippen LogP contribution in [0.5, 0.6) is 0 Å². The molecule has 1 aromatic rings. The predicted octanol–water partition coefficient (Wildman–Crippen LogP) is 3.20. The van der Waals surface area contributed by atoms with Crippen LogP contribution >= 0.6 is 23.2 Å². The summed E-state index contributed by atoms with van der Waals surface area (Å²) in [6.07, 6.45) is 2.41. The quantitative estimate of drug-likeness (QED) is 0.474. The minimum atomic E-state index is -0.481. The molecule has 0 aliphatic heterocycles. The molecule has 0 unspecified atom stereocenters. The Morgan fingerprint density at radius 2 is 2.00 bits per heavy atom. The lowest BCUT2D eigenvalue weighted by molar-refractivity contribution is -0.135. The molecule has 1 aromatic carbocycles. The molecule has 1 rings (SSSR count). The topological polar surface area (TPSA) is 35.5 Å². The maximum atomic E-state index is 10.7. The molecule has 0 bridgehead atoms. The fraction of sp³-hybridized carbons (Fsp3) is 0.182. The van der Waals surface area contributed by atoms with Crippen molar-refractivity contribution >= 4 is 29.2 Å².